The fourth-order valence-corrected chi connectivity index (χ4v) is 2.56. The van der Waals surface area contributed by atoms with Gasteiger partial charge >= 0.3 is 0 Å². The van der Waals surface area contributed by atoms with E-state index in [4.69, 9.17) is 9.47 Å². The van der Waals surface area contributed by atoms with Gasteiger partial charge < -0.3 is 19.7 Å². The Labute approximate surface area is 151 Å². The van der Waals surface area contributed by atoms with E-state index >= 15 is 0 Å². The molecule has 2 rings (SSSR count). The predicted molar refractivity (Wildman–Crippen MR) is 96.7 cm³/mol. The van der Waals surface area contributed by atoms with Gasteiger partial charge in [0.1, 0.15) is 18.0 Å². The second-order valence-electron chi connectivity index (χ2n) is 5.85. The minimum atomic E-state index is -0.514. The van der Waals surface area contributed by atoms with Crippen LogP contribution in [0.4, 0.5) is 11.4 Å². The van der Waals surface area contributed by atoms with Crippen molar-refractivity contribution in [3.05, 3.63) is 58.1 Å². The summed E-state index contributed by atoms with van der Waals surface area (Å²) in [6, 6.07) is 11.7. The lowest BCUT2D eigenvalue weighted by Crippen LogP contribution is -3.08. The Balaban J connectivity index is 1.98. The molecular weight excluding hydrogens is 338 g/mol. The lowest BCUT2D eigenvalue weighted by atomic mass is 10.2. The fraction of sp³-hybridized carbons (Fsp3) is 0.278. The normalized spacial score (nSPS) is 11.5. The van der Waals surface area contributed by atoms with E-state index < -0.39 is 4.92 Å². The second kappa shape index (κ2) is 8.82. The number of hydrogen-bond acceptors (Lipinski definition) is 5. The molecule has 1 amide bonds. The zero-order chi connectivity index (χ0) is 19.1. The van der Waals surface area contributed by atoms with Crippen molar-refractivity contribution in [2.45, 2.75) is 6.54 Å². The maximum Gasteiger partial charge on any atom is 0.279 e. The number of nitro benzene ring substituents is 1. The lowest BCUT2D eigenvalue weighted by Gasteiger charge is -2.15. The number of rotatable bonds is 8. The third-order valence-corrected chi connectivity index (χ3v) is 3.77. The van der Waals surface area contributed by atoms with Crippen LogP contribution in [-0.2, 0) is 11.3 Å². The van der Waals surface area contributed by atoms with Crippen LogP contribution >= 0.6 is 0 Å². The Morgan fingerprint density at radius 2 is 1.96 bits per heavy atom. The molecule has 0 bridgehead atoms. The Morgan fingerprint density at radius 3 is 2.62 bits per heavy atom. The number of ether oxygens (including phenoxy) is 2. The van der Waals surface area contributed by atoms with Crippen molar-refractivity contribution in [1.82, 2.24) is 0 Å². The highest BCUT2D eigenvalue weighted by atomic mass is 16.6. The van der Waals surface area contributed by atoms with Crippen LogP contribution in [0.25, 0.3) is 0 Å². The first-order chi connectivity index (χ1) is 12.4. The molecule has 0 heterocycles. The van der Waals surface area contributed by atoms with Gasteiger partial charge in [-0.1, -0.05) is 12.1 Å². The number of quaternary nitrogens is 1. The van der Waals surface area contributed by atoms with Gasteiger partial charge in [-0.15, -0.1) is 0 Å². The fourth-order valence-electron chi connectivity index (χ4n) is 2.56. The summed E-state index contributed by atoms with van der Waals surface area (Å²) in [6.45, 7) is 0.888. The zero-order valence-electron chi connectivity index (χ0n) is 14.9. The van der Waals surface area contributed by atoms with Crippen LogP contribution in [0.5, 0.6) is 11.5 Å². The number of anilines is 1. The molecule has 0 saturated carbocycles. The summed E-state index contributed by atoms with van der Waals surface area (Å²) in [7, 11) is 4.92. The van der Waals surface area contributed by atoms with E-state index in [1.54, 1.807) is 7.11 Å². The van der Waals surface area contributed by atoms with E-state index in [-0.39, 0.29) is 23.9 Å². The molecule has 1 atom stereocenters. The number of nitrogens with one attached hydrogen (secondary N) is 2. The van der Waals surface area contributed by atoms with Gasteiger partial charge in [-0.2, -0.15) is 0 Å². The highest BCUT2D eigenvalue weighted by Crippen LogP contribution is 2.28. The molecule has 8 nitrogen and oxygen atoms in total. The van der Waals surface area contributed by atoms with Crippen LogP contribution in [-0.4, -0.2) is 38.6 Å². The number of nitro groups is 1. The Hall–Kier alpha value is -3.13. The van der Waals surface area contributed by atoms with E-state index in [2.05, 4.69) is 5.32 Å². The molecule has 2 aromatic carbocycles. The molecule has 1 unspecified atom stereocenters. The summed E-state index contributed by atoms with van der Waals surface area (Å²) in [5, 5.41) is 13.6. The number of methoxy groups -OCH3 is 2. The molecular formula is C18H22N3O5+. The van der Waals surface area contributed by atoms with Crippen LogP contribution in [0.3, 0.4) is 0 Å². The summed E-state index contributed by atoms with van der Waals surface area (Å²) in [4.78, 5) is 23.6. The van der Waals surface area contributed by atoms with Gasteiger partial charge in [0.15, 0.2) is 6.54 Å². The molecule has 0 fully saturated rings. The quantitative estimate of drug-likeness (QED) is 0.546. The largest absolute Gasteiger partial charge is 0.497 e. The molecule has 8 heteroatoms. The highest BCUT2D eigenvalue weighted by molar-refractivity contribution is 5.93. The molecule has 0 aliphatic heterocycles. The van der Waals surface area contributed by atoms with Crippen molar-refractivity contribution in [3.8, 4) is 11.5 Å². The van der Waals surface area contributed by atoms with Gasteiger partial charge in [0.2, 0.25) is 0 Å². The van der Waals surface area contributed by atoms with E-state index in [1.165, 1.54) is 25.3 Å². The predicted octanol–water partition coefficient (Wildman–Crippen LogP) is 1.27. The summed E-state index contributed by atoms with van der Waals surface area (Å²) in [5.41, 5.74) is 1.36. The Bertz CT molecular complexity index is 794. The number of nitrogens with zero attached hydrogens (tertiary/aromatic N) is 1. The van der Waals surface area contributed by atoms with Gasteiger partial charge in [-0.25, -0.2) is 0 Å². The number of benzene rings is 2. The first-order valence-electron chi connectivity index (χ1n) is 7.99. The van der Waals surface area contributed by atoms with Crippen molar-refractivity contribution >= 4 is 17.3 Å². The molecule has 26 heavy (non-hydrogen) atoms. The standard InChI is InChI=1S/C18H21N3O5/c1-20(11-13-5-4-6-15(9-13)25-2)12-18(22)19-16-8-7-14(21(23)24)10-17(16)26-3/h4-10H,11-12H2,1-3H3,(H,19,22)/p+1. The molecule has 0 aromatic heterocycles. The van der Waals surface area contributed by atoms with E-state index in [9.17, 15) is 14.9 Å². The number of non-ortho nitro benzene ring substituents is 1. The minimum absolute atomic E-state index is 0.0967. The monoisotopic (exact) mass is 360 g/mol. The van der Waals surface area contributed by atoms with Crippen molar-refractivity contribution in [2.75, 3.05) is 33.1 Å². The number of amides is 1. The molecule has 138 valence electrons. The maximum atomic E-state index is 12.3. The van der Waals surface area contributed by atoms with Gasteiger partial charge in [-0.3, -0.25) is 14.9 Å². The smallest absolute Gasteiger partial charge is 0.279 e. The third-order valence-electron chi connectivity index (χ3n) is 3.77. The molecule has 2 aromatic rings. The molecule has 2 N–H and O–H groups in total. The van der Waals surface area contributed by atoms with Crippen molar-refractivity contribution in [2.24, 2.45) is 0 Å². The van der Waals surface area contributed by atoms with E-state index in [1.807, 2.05) is 31.3 Å². The van der Waals surface area contributed by atoms with Crippen LogP contribution in [0.2, 0.25) is 0 Å². The second-order valence-corrected chi connectivity index (χ2v) is 5.85. The minimum Gasteiger partial charge on any atom is -0.497 e. The highest BCUT2D eigenvalue weighted by Gasteiger charge is 2.16. The van der Waals surface area contributed by atoms with Gasteiger partial charge in [0.05, 0.1) is 37.9 Å². The lowest BCUT2D eigenvalue weighted by molar-refractivity contribution is -0.885. The van der Waals surface area contributed by atoms with Crippen LogP contribution in [0, 0.1) is 10.1 Å². The molecule has 0 radical (unpaired) electrons. The number of carbonyl (C=O) groups is 1. The van der Waals surface area contributed by atoms with Gasteiger partial charge in [-0.05, 0) is 18.2 Å². The summed E-state index contributed by atoms with van der Waals surface area (Å²) >= 11 is 0. The first kappa shape index (κ1) is 19.2. The maximum absolute atomic E-state index is 12.3. The number of carbonyl (C=O) groups excluding carboxylic acids is 1. The molecule has 0 spiro atoms. The summed E-state index contributed by atoms with van der Waals surface area (Å²) in [5.74, 6) is 0.811. The average molecular weight is 360 g/mol. The van der Waals surface area contributed by atoms with Crippen molar-refractivity contribution < 1.29 is 24.1 Å². The topological polar surface area (TPSA) is 95.1 Å². The van der Waals surface area contributed by atoms with Crippen LogP contribution in [0.15, 0.2) is 42.5 Å². The summed E-state index contributed by atoms with van der Waals surface area (Å²) in [6.07, 6.45) is 0. The van der Waals surface area contributed by atoms with Gasteiger partial charge in [0.25, 0.3) is 11.6 Å². The van der Waals surface area contributed by atoms with Crippen molar-refractivity contribution in [3.63, 3.8) is 0 Å². The third kappa shape index (κ3) is 5.18. The van der Waals surface area contributed by atoms with Crippen LogP contribution in [0.1, 0.15) is 5.56 Å². The SMILES string of the molecule is COc1cccc(C[NH+](C)CC(=O)Nc2ccc([N+](=O)[O-])cc2OC)c1. The van der Waals surface area contributed by atoms with Crippen LogP contribution < -0.4 is 19.7 Å². The zero-order valence-corrected chi connectivity index (χ0v) is 14.9. The van der Waals surface area contributed by atoms with Crippen molar-refractivity contribution in [1.29, 1.82) is 0 Å². The molecule has 0 aliphatic carbocycles. The molecule has 0 saturated heterocycles. The average Bonchev–Trinajstić information content (AvgIpc) is 2.61. The number of hydrogen-bond donors (Lipinski definition) is 2. The van der Waals surface area contributed by atoms with Gasteiger partial charge in [0, 0.05) is 11.6 Å². The number of likely N-dealkylation sites (N-methyl/N-ethyl adjacent to an activating group) is 1. The Morgan fingerprint density at radius 1 is 1.19 bits per heavy atom. The Kier molecular flexibility index (Phi) is 6.51. The van der Waals surface area contributed by atoms with E-state index in [0.29, 0.717) is 12.2 Å². The molecule has 0 aliphatic rings. The first-order valence-corrected chi connectivity index (χ1v) is 7.99. The van der Waals surface area contributed by atoms with E-state index in [0.717, 1.165) is 16.2 Å². The summed E-state index contributed by atoms with van der Waals surface area (Å²) < 4.78 is 10.3.